The molecule has 0 aromatic carbocycles. The summed E-state index contributed by atoms with van der Waals surface area (Å²) in [5.41, 5.74) is -5.30. The van der Waals surface area contributed by atoms with Gasteiger partial charge >= 0.3 is 23.7 Å². The predicted molar refractivity (Wildman–Crippen MR) is 51.8 cm³/mol. The van der Waals surface area contributed by atoms with Crippen LogP contribution in [-0.4, -0.2) is 33.8 Å². The second-order valence-electron chi connectivity index (χ2n) is 2.13. The Bertz CT molecular complexity index is 300. The van der Waals surface area contributed by atoms with Gasteiger partial charge in [-0.15, -0.1) is 4.52 Å². The molecule has 0 aliphatic rings. The van der Waals surface area contributed by atoms with Gasteiger partial charge in [-0.1, -0.05) is 0 Å². The standard InChI is InChI=1S/C4H10O2P.C2H3F3O3S/c1-3-6-7(5)4-2;1-8-9(6,7)2(3,4)5/h3-4H2,1-2H3;1H3/q+1;. The van der Waals surface area contributed by atoms with Crippen LogP contribution in [0.3, 0.4) is 0 Å². The van der Waals surface area contributed by atoms with Crippen molar-refractivity contribution >= 4 is 18.1 Å². The third-order valence-corrected chi connectivity index (χ3v) is 3.10. The topological polar surface area (TPSA) is 69.7 Å². The smallest absolute Gasteiger partial charge is 0.267 e. The average molecular weight is 285 g/mol. The molecule has 1 unspecified atom stereocenters. The highest BCUT2D eigenvalue weighted by molar-refractivity contribution is 7.87. The third kappa shape index (κ3) is 7.98. The molecule has 0 saturated carbocycles. The first kappa shape index (κ1) is 18.1. The van der Waals surface area contributed by atoms with Crippen molar-refractivity contribution in [2.24, 2.45) is 0 Å². The lowest BCUT2D eigenvalue weighted by Gasteiger charge is -2.02. The summed E-state index contributed by atoms with van der Waals surface area (Å²) in [5.74, 6) is 0. The molecule has 98 valence electrons. The molecule has 0 fully saturated rings. The van der Waals surface area contributed by atoms with Crippen molar-refractivity contribution in [3.8, 4) is 0 Å². The van der Waals surface area contributed by atoms with E-state index in [2.05, 4.69) is 4.18 Å². The second-order valence-corrected chi connectivity index (χ2v) is 5.39. The number of alkyl halides is 3. The van der Waals surface area contributed by atoms with Crippen molar-refractivity contribution in [2.75, 3.05) is 19.9 Å². The summed E-state index contributed by atoms with van der Waals surface area (Å²) in [4.78, 5) is 0. The molecule has 10 heteroatoms. The highest BCUT2D eigenvalue weighted by atomic mass is 32.2. The Morgan fingerprint density at radius 3 is 1.75 bits per heavy atom. The molecule has 0 saturated heterocycles. The highest BCUT2D eigenvalue weighted by Crippen LogP contribution is 2.23. The summed E-state index contributed by atoms with van der Waals surface area (Å²) >= 11 is 0. The van der Waals surface area contributed by atoms with Crippen LogP contribution in [0.4, 0.5) is 13.2 Å². The molecule has 0 heterocycles. The molecule has 0 bridgehead atoms. The quantitative estimate of drug-likeness (QED) is 0.450. The molecule has 0 spiro atoms. The third-order valence-electron chi connectivity index (χ3n) is 1.03. The van der Waals surface area contributed by atoms with Crippen LogP contribution in [-0.2, 0) is 23.4 Å². The van der Waals surface area contributed by atoms with Gasteiger partial charge in [0.1, 0.15) is 0 Å². The molecule has 0 radical (unpaired) electrons. The molecular formula is C6H13F3O5PS+. The number of rotatable bonds is 4. The summed E-state index contributed by atoms with van der Waals surface area (Å²) in [6.07, 6.45) is 0.628. The fourth-order valence-corrected chi connectivity index (χ4v) is 0.989. The molecule has 0 amide bonds. The van der Waals surface area contributed by atoms with E-state index in [9.17, 15) is 26.2 Å². The lowest BCUT2D eigenvalue weighted by molar-refractivity contribution is -0.0526. The van der Waals surface area contributed by atoms with Gasteiger partial charge in [0.15, 0.2) is 6.16 Å². The SMILES string of the molecule is CCO[P+](=O)CC.COS(=O)(=O)C(F)(F)F. The first-order valence-corrected chi connectivity index (χ1v) is 6.83. The number of halogens is 3. The van der Waals surface area contributed by atoms with Gasteiger partial charge in [0, 0.05) is 0 Å². The average Bonchev–Trinajstić information content (AvgIpc) is 2.17. The van der Waals surface area contributed by atoms with E-state index in [0.29, 0.717) is 19.9 Å². The summed E-state index contributed by atoms with van der Waals surface area (Å²) in [6, 6.07) is 0. The Balaban J connectivity index is 0. The predicted octanol–water partition coefficient (Wildman–Crippen LogP) is 2.27. The van der Waals surface area contributed by atoms with E-state index in [1.54, 1.807) is 0 Å². The minimum Gasteiger partial charge on any atom is -0.267 e. The second kappa shape index (κ2) is 7.94. The first-order valence-electron chi connectivity index (χ1n) is 4.06. The number of hydrogen-bond donors (Lipinski definition) is 0. The van der Waals surface area contributed by atoms with Crippen LogP contribution >= 0.6 is 8.03 Å². The minimum atomic E-state index is -5.34. The lowest BCUT2D eigenvalue weighted by Crippen LogP contribution is -2.23. The van der Waals surface area contributed by atoms with Gasteiger partial charge < -0.3 is 0 Å². The van der Waals surface area contributed by atoms with E-state index in [-0.39, 0.29) is 0 Å². The summed E-state index contributed by atoms with van der Waals surface area (Å²) in [5, 5.41) is 0. The van der Waals surface area contributed by atoms with Crippen LogP contribution in [0.1, 0.15) is 13.8 Å². The van der Waals surface area contributed by atoms with Gasteiger partial charge in [0.05, 0.1) is 13.7 Å². The van der Waals surface area contributed by atoms with E-state index in [4.69, 9.17) is 4.52 Å². The molecule has 0 rings (SSSR count). The maximum Gasteiger partial charge on any atom is 0.523 e. The fourth-order valence-electron chi connectivity index (χ4n) is 0.330. The summed E-state index contributed by atoms with van der Waals surface area (Å²) in [6.45, 7) is 4.24. The Morgan fingerprint density at radius 2 is 1.69 bits per heavy atom. The Hall–Kier alpha value is -0.240. The molecule has 0 aromatic heterocycles. The van der Waals surface area contributed by atoms with E-state index < -0.39 is 23.7 Å². The van der Waals surface area contributed by atoms with Crippen molar-refractivity contribution in [2.45, 2.75) is 19.4 Å². The molecule has 0 aromatic rings. The summed E-state index contributed by atoms with van der Waals surface area (Å²) in [7, 11) is -6.22. The van der Waals surface area contributed by atoms with Crippen LogP contribution in [0.5, 0.6) is 0 Å². The van der Waals surface area contributed by atoms with Gasteiger partial charge in [0.25, 0.3) is 0 Å². The molecule has 16 heavy (non-hydrogen) atoms. The van der Waals surface area contributed by atoms with Crippen molar-refractivity contribution < 1.29 is 34.9 Å². The molecule has 0 aliphatic heterocycles. The van der Waals surface area contributed by atoms with E-state index in [1.807, 2.05) is 13.8 Å². The van der Waals surface area contributed by atoms with Gasteiger partial charge in [0.2, 0.25) is 0 Å². The van der Waals surface area contributed by atoms with Gasteiger partial charge in [-0.25, -0.2) is 0 Å². The Labute approximate surface area is 92.9 Å². The monoisotopic (exact) mass is 285 g/mol. The van der Waals surface area contributed by atoms with Crippen molar-refractivity contribution in [1.82, 2.24) is 0 Å². The minimum absolute atomic E-state index is 0.447. The van der Waals surface area contributed by atoms with Crippen molar-refractivity contribution in [3.05, 3.63) is 0 Å². The fraction of sp³-hybridized carbons (Fsp3) is 1.00. The number of hydrogen-bond acceptors (Lipinski definition) is 5. The summed E-state index contributed by atoms with van der Waals surface area (Å²) < 4.78 is 70.9. The van der Waals surface area contributed by atoms with Gasteiger partial charge in [-0.2, -0.15) is 21.6 Å². The van der Waals surface area contributed by atoms with Crippen molar-refractivity contribution in [3.63, 3.8) is 0 Å². The molecule has 0 aliphatic carbocycles. The lowest BCUT2D eigenvalue weighted by atomic mass is 10.9. The van der Waals surface area contributed by atoms with E-state index >= 15 is 0 Å². The Morgan fingerprint density at radius 1 is 1.25 bits per heavy atom. The van der Waals surface area contributed by atoms with Crippen LogP contribution in [0.25, 0.3) is 0 Å². The van der Waals surface area contributed by atoms with E-state index in [1.165, 1.54) is 0 Å². The Kier molecular flexibility index (Phi) is 9.00. The van der Waals surface area contributed by atoms with Crippen LogP contribution in [0.2, 0.25) is 0 Å². The zero-order valence-corrected chi connectivity index (χ0v) is 10.7. The van der Waals surface area contributed by atoms with Gasteiger partial charge in [-0.05, 0) is 18.4 Å². The van der Waals surface area contributed by atoms with Crippen molar-refractivity contribution in [1.29, 1.82) is 0 Å². The molecular weight excluding hydrogens is 272 g/mol. The molecule has 1 atom stereocenters. The van der Waals surface area contributed by atoms with E-state index in [0.717, 1.165) is 0 Å². The zero-order valence-electron chi connectivity index (χ0n) is 8.94. The zero-order chi connectivity index (χ0) is 13.4. The molecule has 5 nitrogen and oxygen atoms in total. The normalized spacial score (nSPS) is 12.8. The van der Waals surface area contributed by atoms with Crippen LogP contribution in [0.15, 0.2) is 0 Å². The van der Waals surface area contributed by atoms with Crippen LogP contribution in [0, 0.1) is 0 Å². The van der Waals surface area contributed by atoms with Crippen LogP contribution < -0.4 is 0 Å². The highest BCUT2D eigenvalue weighted by Gasteiger charge is 2.46. The maximum atomic E-state index is 11.1. The largest absolute Gasteiger partial charge is 0.523 e. The molecule has 0 N–H and O–H groups in total. The van der Waals surface area contributed by atoms with Gasteiger partial charge in [-0.3, -0.25) is 4.18 Å². The first-order chi connectivity index (χ1) is 7.12. The maximum absolute atomic E-state index is 11.1.